The number of nitrogens with zero attached hydrogens (tertiary/aromatic N) is 4. The summed E-state index contributed by atoms with van der Waals surface area (Å²) < 4.78 is 1.83. The van der Waals surface area contributed by atoms with Crippen molar-refractivity contribution in [2.45, 2.75) is 26.3 Å². The molecule has 0 saturated carbocycles. The summed E-state index contributed by atoms with van der Waals surface area (Å²) in [6.07, 6.45) is 1.20. The van der Waals surface area contributed by atoms with Crippen LogP contribution in [-0.4, -0.2) is 42.4 Å². The highest BCUT2D eigenvalue weighted by Crippen LogP contribution is 2.20. The van der Waals surface area contributed by atoms with Crippen molar-refractivity contribution in [3.05, 3.63) is 65.2 Å². The second-order valence-electron chi connectivity index (χ2n) is 6.94. The number of fused-ring (bicyclic) bond motifs is 1. The molecule has 8 nitrogen and oxygen atoms in total. The maximum absolute atomic E-state index is 11.3. The number of aryl methyl sites for hydroxylation is 2. The molecule has 1 amide bonds. The van der Waals surface area contributed by atoms with Crippen molar-refractivity contribution < 1.29 is 9.90 Å². The Bertz CT molecular complexity index is 1160. The Kier molecular flexibility index (Phi) is 5.09. The van der Waals surface area contributed by atoms with Crippen LogP contribution in [0, 0.1) is 6.92 Å². The van der Waals surface area contributed by atoms with Gasteiger partial charge in [0, 0.05) is 30.7 Å². The Morgan fingerprint density at radius 2 is 1.97 bits per heavy atom. The van der Waals surface area contributed by atoms with E-state index < -0.39 is 5.91 Å². The number of aromatic nitrogens is 5. The van der Waals surface area contributed by atoms with Crippen LogP contribution in [0.25, 0.3) is 22.4 Å². The number of benzene rings is 2. The van der Waals surface area contributed by atoms with Gasteiger partial charge in [0.1, 0.15) is 11.6 Å². The second-order valence-corrected chi connectivity index (χ2v) is 6.94. The fourth-order valence-electron chi connectivity index (χ4n) is 3.29. The first-order valence-corrected chi connectivity index (χ1v) is 9.43. The molecule has 148 valence electrons. The van der Waals surface area contributed by atoms with Crippen LogP contribution in [0.5, 0.6) is 0 Å². The number of nitrogens with two attached hydrogens (primary N) is 1. The number of carbonyl (C=O) groups excluding carboxylic acids is 1. The van der Waals surface area contributed by atoms with Gasteiger partial charge >= 0.3 is 0 Å². The summed E-state index contributed by atoms with van der Waals surface area (Å²) in [7, 11) is 0. The molecular weight excluding hydrogens is 368 g/mol. The van der Waals surface area contributed by atoms with Crippen LogP contribution in [0.4, 0.5) is 0 Å². The smallest absolute Gasteiger partial charge is 0.248 e. The Hall–Kier alpha value is -3.52. The van der Waals surface area contributed by atoms with Crippen LogP contribution in [0.2, 0.25) is 0 Å². The largest absolute Gasteiger partial charge is 0.396 e. The van der Waals surface area contributed by atoms with E-state index in [-0.39, 0.29) is 6.61 Å². The molecule has 0 aliphatic heterocycles. The summed E-state index contributed by atoms with van der Waals surface area (Å²) in [4.78, 5) is 23.7. The lowest BCUT2D eigenvalue weighted by Gasteiger charge is -2.05. The zero-order chi connectivity index (χ0) is 20.4. The van der Waals surface area contributed by atoms with E-state index >= 15 is 0 Å². The number of imidazole rings is 1. The second kappa shape index (κ2) is 7.84. The van der Waals surface area contributed by atoms with Gasteiger partial charge < -0.3 is 15.8 Å². The van der Waals surface area contributed by atoms with Gasteiger partial charge in [0.2, 0.25) is 5.91 Å². The molecule has 2 aromatic heterocycles. The molecule has 8 heteroatoms. The van der Waals surface area contributed by atoms with Crippen LogP contribution >= 0.6 is 0 Å². The molecule has 29 heavy (non-hydrogen) atoms. The van der Waals surface area contributed by atoms with E-state index in [1.807, 2.05) is 23.7 Å². The van der Waals surface area contributed by atoms with E-state index in [1.165, 1.54) is 0 Å². The van der Waals surface area contributed by atoms with E-state index in [2.05, 4.69) is 21.1 Å². The van der Waals surface area contributed by atoms with Gasteiger partial charge in [0.05, 0.1) is 11.0 Å². The lowest BCUT2D eigenvalue weighted by Crippen LogP contribution is -2.10. The molecule has 2 heterocycles. The fourth-order valence-corrected chi connectivity index (χ4v) is 3.29. The Morgan fingerprint density at radius 1 is 1.17 bits per heavy atom. The summed E-state index contributed by atoms with van der Waals surface area (Å²) in [5, 5.41) is 13.8. The number of rotatable bonds is 7. The van der Waals surface area contributed by atoms with Crippen LogP contribution in [-0.2, 0) is 13.0 Å². The quantitative estimate of drug-likeness (QED) is 0.446. The summed E-state index contributed by atoms with van der Waals surface area (Å²) in [6.45, 7) is 2.59. The average molecular weight is 390 g/mol. The summed E-state index contributed by atoms with van der Waals surface area (Å²) >= 11 is 0. The maximum atomic E-state index is 11.3. The number of aliphatic hydroxyl groups excluding tert-OH is 1. The van der Waals surface area contributed by atoms with Gasteiger partial charge in [-0.1, -0.05) is 18.2 Å². The van der Waals surface area contributed by atoms with E-state index in [9.17, 15) is 9.90 Å². The van der Waals surface area contributed by atoms with Crippen molar-refractivity contribution in [1.29, 1.82) is 0 Å². The minimum atomic E-state index is -0.469. The molecule has 0 atom stereocenters. The predicted molar refractivity (Wildman–Crippen MR) is 109 cm³/mol. The van der Waals surface area contributed by atoms with Crippen LogP contribution in [0.1, 0.15) is 34.0 Å². The number of hydrogen-bond donors (Lipinski definition) is 3. The monoisotopic (exact) mass is 390 g/mol. The lowest BCUT2D eigenvalue weighted by atomic mass is 10.1. The number of carbonyl (C=O) groups is 1. The molecule has 0 fully saturated rings. The predicted octanol–water partition coefficient (Wildman–Crippen LogP) is 2.20. The van der Waals surface area contributed by atoms with Crippen LogP contribution < -0.4 is 5.73 Å². The first-order valence-electron chi connectivity index (χ1n) is 9.43. The standard InChI is InChI=1S/C21H22N6O2/c1-13-23-17-8-3-14(11-18(17)24-13)12-19-25-21(26-27(19)9-2-10-28)16-6-4-15(5-7-16)20(22)29/h3-8,11,28H,2,9-10,12H2,1H3,(H2,22,29)(H,23,24). The van der Waals surface area contributed by atoms with Crippen molar-refractivity contribution in [3.8, 4) is 11.4 Å². The van der Waals surface area contributed by atoms with Crippen molar-refractivity contribution in [3.63, 3.8) is 0 Å². The van der Waals surface area contributed by atoms with E-state index in [4.69, 9.17) is 10.7 Å². The molecule has 0 saturated heterocycles. The molecule has 4 rings (SSSR count). The first kappa shape index (κ1) is 18.8. The number of aliphatic hydroxyl groups is 1. The SMILES string of the molecule is Cc1nc2ccc(Cc3nc(-c4ccc(C(N)=O)cc4)nn3CCCO)cc2[nH]1. The number of hydrogen-bond acceptors (Lipinski definition) is 5. The van der Waals surface area contributed by atoms with Crippen molar-refractivity contribution in [2.75, 3.05) is 6.61 Å². The molecule has 0 radical (unpaired) electrons. The number of primary amides is 1. The summed E-state index contributed by atoms with van der Waals surface area (Å²) in [5.74, 6) is 1.79. The van der Waals surface area contributed by atoms with Gasteiger partial charge in [-0.2, -0.15) is 5.10 Å². The minimum absolute atomic E-state index is 0.0846. The van der Waals surface area contributed by atoms with Gasteiger partial charge in [-0.15, -0.1) is 0 Å². The van der Waals surface area contributed by atoms with E-state index in [0.29, 0.717) is 30.8 Å². The highest BCUT2D eigenvalue weighted by atomic mass is 16.3. The molecule has 0 spiro atoms. The molecule has 0 aliphatic carbocycles. The summed E-state index contributed by atoms with van der Waals surface area (Å²) in [5.41, 5.74) is 9.57. The van der Waals surface area contributed by atoms with Crippen molar-refractivity contribution in [1.82, 2.24) is 24.7 Å². The highest BCUT2D eigenvalue weighted by Gasteiger charge is 2.13. The zero-order valence-electron chi connectivity index (χ0n) is 16.1. The molecular formula is C21H22N6O2. The van der Waals surface area contributed by atoms with Crippen molar-refractivity contribution >= 4 is 16.9 Å². The number of H-pyrrole nitrogens is 1. The molecule has 4 N–H and O–H groups in total. The topological polar surface area (TPSA) is 123 Å². The molecule has 2 aromatic carbocycles. The zero-order valence-corrected chi connectivity index (χ0v) is 16.1. The first-order chi connectivity index (χ1) is 14.0. The fraction of sp³-hybridized carbons (Fsp3) is 0.238. The van der Waals surface area contributed by atoms with E-state index in [1.54, 1.807) is 24.3 Å². The Labute approximate surface area is 167 Å². The van der Waals surface area contributed by atoms with Crippen molar-refractivity contribution in [2.24, 2.45) is 5.73 Å². The molecule has 0 unspecified atom stereocenters. The van der Waals surface area contributed by atoms with Gasteiger partial charge in [-0.3, -0.25) is 4.79 Å². The van der Waals surface area contributed by atoms with Gasteiger partial charge in [0.15, 0.2) is 5.82 Å². The van der Waals surface area contributed by atoms with Crippen LogP contribution in [0.3, 0.4) is 0 Å². The average Bonchev–Trinajstić information content (AvgIpc) is 3.28. The van der Waals surface area contributed by atoms with Crippen LogP contribution in [0.15, 0.2) is 42.5 Å². The third-order valence-corrected chi connectivity index (χ3v) is 4.73. The third-order valence-electron chi connectivity index (χ3n) is 4.73. The molecule has 0 bridgehead atoms. The Morgan fingerprint density at radius 3 is 2.69 bits per heavy atom. The van der Waals surface area contributed by atoms with Gasteiger partial charge in [0.25, 0.3) is 0 Å². The lowest BCUT2D eigenvalue weighted by molar-refractivity contribution is 0.100. The minimum Gasteiger partial charge on any atom is -0.396 e. The maximum Gasteiger partial charge on any atom is 0.248 e. The number of nitrogens with one attached hydrogen (secondary N) is 1. The number of aromatic amines is 1. The summed E-state index contributed by atoms with van der Waals surface area (Å²) in [6, 6.07) is 13.0. The third kappa shape index (κ3) is 4.02. The molecule has 0 aliphatic rings. The van der Waals surface area contributed by atoms with Gasteiger partial charge in [-0.25, -0.2) is 14.6 Å². The van der Waals surface area contributed by atoms with Gasteiger partial charge in [-0.05, 0) is 43.2 Å². The highest BCUT2D eigenvalue weighted by molar-refractivity contribution is 5.93. The Balaban J connectivity index is 1.65. The number of amides is 1. The van der Waals surface area contributed by atoms with E-state index in [0.717, 1.165) is 33.8 Å². The normalized spacial score (nSPS) is 11.2. The molecule has 4 aromatic rings.